The second-order valence-electron chi connectivity index (χ2n) is 10.3. The molecule has 0 atom stereocenters. The van der Waals surface area contributed by atoms with E-state index >= 15 is 0 Å². The van der Waals surface area contributed by atoms with Crippen molar-refractivity contribution < 1.29 is 30.0 Å². The predicted molar refractivity (Wildman–Crippen MR) is 151 cm³/mol. The Bertz CT molecular complexity index is 1480. The molecule has 0 bridgehead atoms. The van der Waals surface area contributed by atoms with Gasteiger partial charge in [-0.3, -0.25) is 9.59 Å². The molecule has 0 aliphatic heterocycles. The molecule has 200 valence electrons. The number of aryl methyl sites for hydroxylation is 4. The first kappa shape index (κ1) is 27.5. The van der Waals surface area contributed by atoms with Gasteiger partial charge in [0, 0.05) is 19.3 Å². The molecule has 6 heteroatoms. The minimum absolute atomic E-state index is 0.0431. The zero-order valence-corrected chi connectivity index (χ0v) is 22.5. The first-order valence-electron chi connectivity index (χ1n) is 12.7. The van der Waals surface area contributed by atoms with Gasteiger partial charge in [0.25, 0.3) is 0 Å². The highest BCUT2D eigenvalue weighted by molar-refractivity contribution is 5.81. The van der Waals surface area contributed by atoms with E-state index in [-0.39, 0.29) is 34.1 Å². The Labute approximate surface area is 227 Å². The monoisotopic (exact) mass is 524 g/mol. The Balaban J connectivity index is 1.68. The van der Waals surface area contributed by atoms with Gasteiger partial charge in [-0.25, -0.2) is 0 Å². The van der Waals surface area contributed by atoms with E-state index in [9.17, 15) is 30.0 Å². The molecular weight excluding hydrogens is 492 g/mol. The Morgan fingerprint density at radius 1 is 0.487 bits per heavy atom. The molecule has 0 unspecified atom stereocenters. The predicted octanol–water partition coefficient (Wildman–Crippen LogP) is 6.14. The number of carbonyl (C=O) groups excluding carboxylic acids is 2. The van der Waals surface area contributed by atoms with Gasteiger partial charge in [-0.15, -0.1) is 0 Å². The Kier molecular flexibility index (Phi) is 7.77. The van der Waals surface area contributed by atoms with Crippen LogP contribution in [0.5, 0.6) is 23.0 Å². The molecule has 0 spiro atoms. The summed E-state index contributed by atoms with van der Waals surface area (Å²) in [4.78, 5) is 22.7. The molecule has 0 saturated carbocycles. The van der Waals surface area contributed by atoms with Crippen LogP contribution in [-0.4, -0.2) is 33.0 Å². The summed E-state index contributed by atoms with van der Waals surface area (Å²) in [5, 5.41) is 42.6. The number of rotatable bonds is 8. The Hall–Kier alpha value is -4.58. The van der Waals surface area contributed by atoms with Crippen molar-refractivity contribution in [1.29, 1.82) is 0 Å². The third-order valence-electron chi connectivity index (χ3n) is 7.03. The van der Waals surface area contributed by atoms with Crippen molar-refractivity contribution in [2.24, 2.45) is 0 Å². The van der Waals surface area contributed by atoms with Gasteiger partial charge in [0.05, 0.1) is 11.1 Å². The third kappa shape index (κ3) is 5.80. The molecule has 4 N–H and O–H groups in total. The van der Waals surface area contributed by atoms with Crippen LogP contribution in [0.3, 0.4) is 0 Å². The Morgan fingerprint density at radius 3 is 1.15 bits per heavy atom. The average molecular weight is 525 g/mol. The second kappa shape index (κ2) is 11.0. The fourth-order valence-corrected chi connectivity index (χ4v) is 5.20. The molecule has 0 saturated heterocycles. The second-order valence-corrected chi connectivity index (χ2v) is 10.3. The van der Waals surface area contributed by atoms with Crippen LogP contribution in [0.1, 0.15) is 76.4 Å². The molecule has 0 fully saturated rings. The van der Waals surface area contributed by atoms with Gasteiger partial charge >= 0.3 is 0 Å². The van der Waals surface area contributed by atoms with Crippen LogP contribution in [0.2, 0.25) is 0 Å². The summed E-state index contributed by atoms with van der Waals surface area (Å²) in [5.41, 5.74) is 7.73. The van der Waals surface area contributed by atoms with Gasteiger partial charge in [-0.2, -0.15) is 0 Å². The van der Waals surface area contributed by atoms with Crippen LogP contribution in [-0.2, 0) is 19.3 Å². The number of benzene rings is 4. The van der Waals surface area contributed by atoms with Crippen molar-refractivity contribution in [2.45, 2.75) is 47.0 Å². The van der Waals surface area contributed by atoms with Gasteiger partial charge in [0.15, 0.2) is 12.6 Å². The zero-order chi connectivity index (χ0) is 28.4. The van der Waals surface area contributed by atoms with Gasteiger partial charge in [-0.05, 0) is 84.3 Å². The molecule has 0 amide bonds. The van der Waals surface area contributed by atoms with E-state index < -0.39 is 0 Å². The van der Waals surface area contributed by atoms with Crippen molar-refractivity contribution >= 4 is 12.6 Å². The van der Waals surface area contributed by atoms with Crippen molar-refractivity contribution in [3.8, 4) is 23.0 Å². The first-order chi connectivity index (χ1) is 18.5. The zero-order valence-electron chi connectivity index (χ0n) is 22.5. The fraction of sp³-hybridized carbons (Fsp3) is 0.212. The fourth-order valence-electron chi connectivity index (χ4n) is 5.20. The van der Waals surface area contributed by atoms with Crippen LogP contribution < -0.4 is 0 Å². The van der Waals surface area contributed by atoms with E-state index in [4.69, 9.17) is 0 Å². The third-order valence-corrected chi connectivity index (χ3v) is 7.03. The normalized spacial score (nSPS) is 11.0. The lowest BCUT2D eigenvalue weighted by Gasteiger charge is -2.16. The van der Waals surface area contributed by atoms with Gasteiger partial charge in [-0.1, -0.05) is 47.5 Å². The number of hydrogen-bond donors (Lipinski definition) is 4. The van der Waals surface area contributed by atoms with E-state index in [0.29, 0.717) is 65.2 Å². The number of phenols is 4. The summed E-state index contributed by atoms with van der Waals surface area (Å²) in [6.07, 6.45) is 2.26. The number of aromatic hydroxyl groups is 4. The summed E-state index contributed by atoms with van der Waals surface area (Å²) >= 11 is 0. The van der Waals surface area contributed by atoms with Crippen molar-refractivity contribution in [1.82, 2.24) is 0 Å². The van der Waals surface area contributed by atoms with Crippen LogP contribution in [0.4, 0.5) is 0 Å². The molecular formula is C33H32O6. The number of aldehydes is 2. The highest BCUT2D eigenvalue weighted by Gasteiger charge is 2.17. The SMILES string of the molecule is Cc1cc(Cc2cc(C)c(O)c(C=O)c2)c(O)c(Cc2cc(C)cc(Cc3cc(C)c(O)c(C=O)c3)c2O)c1. The van der Waals surface area contributed by atoms with Gasteiger partial charge < -0.3 is 20.4 Å². The molecule has 0 aromatic heterocycles. The summed E-state index contributed by atoms with van der Waals surface area (Å²) in [6.45, 7) is 7.32. The summed E-state index contributed by atoms with van der Waals surface area (Å²) in [5.74, 6) is 0.148. The van der Waals surface area contributed by atoms with Crippen LogP contribution in [0.25, 0.3) is 0 Å². The topological polar surface area (TPSA) is 115 Å². The van der Waals surface area contributed by atoms with Crippen LogP contribution in [0.15, 0.2) is 48.5 Å². The molecule has 4 rings (SSSR count). The minimum Gasteiger partial charge on any atom is -0.507 e. The number of hydrogen-bond acceptors (Lipinski definition) is 6. The molecule has 0 radical (unpaired) electrons. The molecule has 4 aromatic carbocycles. The van der Waals surface area contributed by atoms with E-state index in [1.807, 2.05) is 38.1 Å². The van der Waals surface area contributed by atoms with Gasteiger partial charge in [0.2, 0.25) is 0 Å². The van der Waals surface area contributed by atoms with Crippen molar-refractivity contribution in [3.05, 3.63) is 115 Å². The standard InChI is InChI=1S/C33H32O6/c1-18-5-24(11-22-9-20(3)30(36)28(13-22)16-34)32(38)26(7-18)15-27-8-19(2)6-25(33(27)39)12-23-10-21(4)31(37)29(14-23)17-35/h5-10,13-14,16-17,36-39H,11-12,15H2,1-4H3. The van der Waals surface area contributed by atoms with E-state index in [2.05, 4.69) is 0 Å². The lowest BCUT2D eigenvalue weighted by Crippen LogP contribution is -2.00. The lowest BCUT2D eigenvalue weighted by atomic mass is 9.91. The molecule has 6 nitrogen and oxygen atoms in total. The highest BCUT2D eigenvalue weighted by atomic mass is 16.3. The molecule has 4 aromatic rings. The molecule has 0 heterocycles. The average Bonchev–Trinajstić information content (AvgIpc) is 2.88. The van der Waals surface area contributed by atoms with Crippen LogP contribution in [0, 0.1) is 27.7 Å². The quantitative estimate of drug-likeness (QED) is 0.206. The summed E-state index contributed by atoms with van der Waals surface area (Å²) in [7, 11) is 0. The maximum atomic E-state index is 11.4. The number of phenolic OH excluding ortho intramolecular Hbond substituents is 4. The smallest absolute Gasteiger partial charge is 0.153 e. The van der Waals surface area contributed by atoms with Crippen molar-refractivity contribution in [3.63, 3.8) is 0 Å². The first-order valence-corrected chi connectivity index (χ1v) is 12.7. The Morgan fingerprint density at radius 2 is 0.821 bits per heavy atom. The van der Waals surface area contributed by atoms with Crippen molar-refractivity contribution in [2.75, 3.05) is 0 Å². The highest BCUT2D eigenvalue weighted by Crippen LogP contribution is 2.35. The van der Waals surface area contributed by atoms with Crippen LogP contribution >= 0.6 is 0 Å². The number of carbonyl (C=O) groups is 2. The maximum absolute atomic E-state index is 11.4. The largest absolute Gasteiger partial charge is 0.507 e. The van der Waals surface area contributed by atoms with Gasteiger partial charge in [0.1, 0.15) is 23.0 Å². The minimum atomic E-state index is -0.0431. The maximum Gasteiger partial charge on any atom is 0.153 e. The summed E-state index contributed by atoms with van der Waals surface area (Å²) < 4.78 is 0. The lowest BCUT2D eigenvalue weighted by molar-refractivity contribution is 0.111. The molecule has 0 aliphatic carbocycles. The van der Waals surface area contributed by atoms with E-state index in [0.717, 1.165) is 22.3 Å². The van der Waals surface area contributed by atoms with E-state index in [1.165, 1.54) is 0 Å². The molecule has 0 aliphatic rings. The molecule has 39 heavy (non-hydrogen) atoms. The summed E-state index contributed by atoms with van der Waals surface area (Å²) in [6, 6.07) is 14.4. The van der Waals surface area contributed by atoms with E-state index in [1.54, 1.807) is 38.1 Å².